The second-order valence-electron chi connectivity index (χ2n) is 8.53. The van der Waals surface area contributed by atoms with Crippen LogP contribution in [0.4, 0.5) is 0 Å². The SMILES string of the molecule is CCCCCC=Cc1ccc2nc(C(=O)N[C@H](COC)Cc3ccc(O)cc3)cc(C(=O)O)c2c1. The Kier molecular flexibility index (Phi) is 9.38. The van der Waals surface area contributed by atoms with Gasteiger partial charge in [0.1, 0.15) is 11.4 Å². The number of nitrogens with one attached hydrogen (secondary N) is 1. The topological polar surface area (TPSA) is 109 Å². The van der Waals surface area contributed by atoms with E-state index in [9.17, 15) is 19.8 Å². The molecule has 1 atom stereocenters. The number of aromatic hydroxyl groups is 1. The van der Waals surface area contributed by atoms with Crippen molar-refractivity contribution >= 4 is 28.9 Å². The maximum atomic E-state index is 13.0. The molecule has 0 bridgehead atoms. The standard InChI is InChI=1S/C28H32N2O5/c1-3-4-5-6-7-8-19-11-14-25-23(16-19)24(28(33)34)17-26(30-25)27(32)29-21(18-35-2)15-20-9-12-22(31)13-10-20/h7-14,16-17,21,31H,3-6,15,18H2,1-2H3,(H,29,32)(H,33,34)/t21-/m0/s1. The summed E-state index contributed by atoms with van der Waals surface area (Å²) in [5.74, 6) is -1.43. The van der Waals surface area contributed by atoms with Crippen molar-refractivity contribution in [3.8, 4) is 5.75 Å². The van der Waals surface area contributed by atoms with Gasteiger partial charge in [0, 0.05) is 12.5 Å². The molecule has 2 aromatic carbocycles. The van der Waals surface area contributed by atoms with E-state index in [-0.39, 0.29) is 29.7 Å². The molecule has 1 aromatic heterocycles. The van der Waals surface area contributed by atoms with Crippen LogP contribution in [0.3, 0.4) is 0 Å². The summed E-state index contributed by atoms with van der Waals surface area (Å²) in [6, 6.07) is 13.1. The van der Waals surface area contributed by atoms with E-state index in [0.717, 1.165) is 30.4 Å². The van der Waals surface area contributed by atoms with E-state index >= 15 is 0 Å². The fraction of sp³-hybridized carbons (Fsp3) is 0.321. The van der Waals surface area contributed by atoms with Crippen LogP contribution in [-0.2, 0) is 11.2 Å². The van der Waals surface area contributed by atoms with Crippen LogP contribution >= 0.6 is 0 Å². The third-order valence-electron chi connectivity index (χ3n) is 5.70. The molecular weight excluding hydrogens is 444 g/mol. The minimum atomic E-state index is -1.12. The minimum absolute atomic E-state index is 0.0307. The maximum Gasteiger partial charge on any atom is 0.336 e. The Bertz CT molecular complexity index is 1190. The van der Waals surface area contributed by atoms with Gasteiger partial charge in [-0.15, -0.1) is 0 Å². The lowest BCUT2D eigenvalue weighted by molar-refractivity contribution is 0.0699. The van der Waals surface area contributed by atoms with Crippen molar-refractivity contribution in [1.29, 1.82) is 0 Å². The van der Waals surface area contributed by atoms with Crippen LogP contribution in [-0.4, -0.2) is 46.8 Å². The van der Waals surface area contributed by atoms with Crippen LogP contribution < -0.4 is 5.32 Å². The summed E-state index contributed by atoms with van der Waals surface area (Å²) < 4.78 is 5.25. The largest absolute Gasteiger partial charge is 0.508 e. The molecule has 0 spiro atoms. The molecule has 0 aliphatic carbocycles. The number of allylic oxidation sites excluding steroid dienone is 1. The number of nitrogens with zero attached hydrogens (tertiary/aromatic N) is 1. The summed E-state index contributed by atoms with van der Waals surface area (Å²) in [5.41, 5.74) is 2.32. The van der Waals surface area contributed by atoms with Crippen LogP contribution in [0.15, 0.2) is 54.6 Å². The van der Waals surface area contributed by atoms with E-state index in [1.165, 1.54) is 12.5 Å². The third-order valence-corrected chi connectivity index (χ3v) is 5.70. The van der Waals surface area contributed by atoms with Gasteiger partial charge in [0.05, 0.1) is 23.7 Å². The van der Waals surface area contributed by atoms with E-state index in [2.05, 4.69) is 23.3 Å². The van der Waals surface area contributed by atoms with Crippen molar-refractivity contribution < 1.29 is 24.5 Å². The van der Waals surface area contributed by atoms with E-state index in [1.54, 1.807) is 43.5 Å². The summed E-state index contributed by atoms with van der Waals surface area (Å²) in [4.78, 5) is 29.5. The molecule has 0 aliphatic heterocycles. The molecule has 1 heterocycles. The van der Waals surface area contributed by atoms with Gasteiger partial charge in [-0.25, -0.2) is 9.78 Å². The first-order chi connectivity index (χ1) is 16.9. The fourth-order valence-electron chi connectivity index (χ4n) is 3.90. The highest BCUT2D eigenvalue weighted by Crippen LogP contribution is 2.22. The Morgan fingerprint density at radius 3 is 2.57 bits per heavy atom. The Morgan fingerprint density at radius 1 is 1.11 bits per heavy atom. The number of fused-ring (bicyclic) bond motifs is 1. The van der Waals surface area contributed by atoms with Gasteiger partial charge >= 0.3 is 5.97 Å². The third kappa shape index (κ3) is 7.39. The molecule has 7 heteroatoms. The molecular formula is C28H32N2O5. The van der Waals surface area contributed by atoms with Crippen molar-refractivity contribution in [3.63, 3.8) is 0 Å². The number of rotatable bonds is 12. The van der Waals surface area contributed by atoms with Crippen LogP contribution in [0.1, 0.15) is 64.6 Å². The summed E-state index contributed by atoms with van der Waals surface area (Å²) in [5, 5.41) is 22.7. The Labute approximate surface area is 205 Å². The first-order valence-corrected chi connectivity index (χ1v) is 11.8. The van der Waals surface area contributed by atoms with Crippen molar-refractivity contribution in [3.05, 3.63) is 77.0 Å². The first-order valence-electron chi connectivity index (χ1n) is 11.8. The van der Waals surface area contributed by atoms with Gasteiger partial charge in [0.2, 0.25) is 0 Å². The highest BCUT2D eigenvalue weighted by molar-refractivity contribution is 6.06. The summed E-state index contributed by atoms with van der Waals surface area (Å²) in [7, 11) is 1.54. The fourth-order valence-corrected chi connectivity index (χ4v) is 3.90. The number of methoxy groups -OCH3 is 1. The smallest absolute Gasteiger partial charge is 0.336 e. The number of hydrogen-bond acceptors (Lipinski definition) is 5. The number of hydrogen-bond donors (Lipinski definition) is 3. The predicted octanol–water partition coefficient (Wildman–Crippen LogP) is 5.22. The molecule has 184 valence electrons. The van der Waals surface area contributed by atoms with E-state index < -0.39 is 11.9 Å². The number of unbranched alkanes of at least 4 members (excludes halogenated alkanes) is 3. The number of ether oxygens (including phenoxy) is 1. The minimum Gasteiger partial charge on any atom is -0.508 e. The average Bonchev–Trinajstić information content (AvgIpc) is 2.84. The number of carbonyl (C=O) groups excluding carboxylic acids is 1. The van der Waals surface area contributed by atoms with E-state index in [1.807, 2.05) is 12.1 Å². The Morgan fingerprint density at radius 2 is 1.89 bits per heavy atom. The van der Waals surface area contributed by atoms with Crippen LogP contribution in [0, 0.1) is 0 Å². The number of carboxylic acids is 1. The molecule has 7 nitrogen and oxygen atoms in total. The van der Waals surface area contributed by atoms with Crippen molar-refractivity contribution in [2.75, 3.05) is 13.7 Å². The van der Waals surface area contributed by atoms with E-state index in [4.69, 9.17) is 4.74 Å². The number of amides is 1. The van der Waals surface area contributed by atoms with E-state index in [0.29, 0.717) is 17.3 Å². The van der Waals surface area contributed by atoms with Gasteiger partial charge < -0.3 is 20.3 Å². The maximum absolute atomic E-state index is 13.0. The molecule has 0 unspecified atom stereocenters. The average molecular weight is 477 g/mol. The van der Waals surface area contributed by atoms with Crippen molar-refractivity contribution in [1.82, 2.24) is 10.3 Å². The van der Waals surface area contributed by atoms with Crippen LogP contribution in [0.2, 0.25) is 0 Å². The zero-order valence-corrected chi connectivity index (χ0v) is 20.2. The zero-order valence-electron chi connectivity index (χ0n) is 20.2. The molecule has 3 rings (SSSR count). The predicted molar refractivity (Wildman–Crippen MR) is 137 cm³/mol. The quantitative estimate of drug-likeness (QED) is 0.309. The number of phenolic OH excluding ortho intramolecular Hbond substituents is 1. The highest BCUT2D eigenvalue weighted by atomic mass is 16.5. The zero-order chi connectivity index (χ0) is 25.2. The number of phenols is 1. The molecule has 0 radical (unpaired) electrons. The molecule has 0 aliphatic rings. The Hall–Kier alpha value is -3.71. The van der Waals surface area contributed by atoms with Gasteiger partial charge in [-0.3, -0.25) is 4.79 Å². The van der Waals surface area contributed by atoms with Crippen LogP contribution in [0.5, 0.6) is 5.75 Å². The molecule has 0 saturated heterocycles. The number of benzene rings is 2. The Balaban J connectivity index is 1.82. The summed E-state index contributed by atoms with van der Waals surface area (Å²) >= 11 is 0. The molecule has 35 heavy (non-hydrogen) atoms. The molecule has 1 amide bonds. The van der Waals surface area contributed by atoms with Gasteiger partial charge in [0.15, 0.2) is 0 Å². The number of aromatic nitrogens is 1. The number of carbonyl (C=O) groups is 2. The van der Waals surface area contributed by atoms with Gasteiger partial charge in [0.25, 0.3) is 5.91 Å². The first kappa shape index (κ1) is 25.9. The van der Waals surface area contributed by atoms with Crippen molar-refractivity contribution in [2.45, 2.75) is 45.1 Å². The monoisotopic (exact) mass is 476 g/mol. The van der Waals surface area contributed by atoms with Crippen LogP contribution in [0.25, 0.3) is 17.0 Å². The van der Waals surface area contributed by atoms with Crippen molar-refractivity contribution in [2.24, 2.45) is 0 Å². The summed E-state index contributed by atoms with van der Waals surface area (Å²) in [6.07, 6.45) is 9.00. The normalized spacial score (nSPS) is 12.2. The second kappa shape index (κ2) is 12.7. The molecule has 3 N–H and O–H groups in total. The lowest BCUT2D eigenvalue weighted by Gasteiger charge is -2.18. The molecule has 3 aromatic rings. The number of pyridine rings is 1. The number of carboxylic acid groups (broad SMARTS) is 1. The lowest BCUT2D eigenvalue weighted by atomic mass is 10.0. The van der Waals surface area contributed by atoms with Gasteiger partial charge in [-0.2, -0.15) is 0 Å². The lowest BCUT2D eigenvalue weighted by Crippen LogP contribution is -2.40. The van der Waals surface area contributed by atoms with Gasteiger partial charge in [-0.1, -0.05) is 50.1 Å². The van der Waals surface area contributed by atoms with Gasteiger partial charge in [-0.05, 0) is 60.7 Å². The highest BCUT2D eigenvalue weighted by Gasteiger charge is 2.19. The second-order valence-corrected chi connectivity index (χ2v) is 8.53. The molecule has 0 saturated carbocycles. The molecule has 0 fully saturated rings. The summed E-state index contributed by atoms with van der Waals surface area (Å²) in [6.45, 7) is 2.43. The number of aromatic carboxylic acids is 1.